The van der Waals surface area contributed by atoms with Crippen molar-refractivity contribution >= 4 is 21.4 Å². The number of benzene rings is 2. The van der Waals surface area contributed by atoms with E-state index in [9.17, 15) is 13.5 Å². The third-order valence-corrected chi connectivity index (χ3v) is 4.19. The Bertz CT molecular complexity index is 661. The molecule has 3 nitrogen and oxygen atoms in total. The molecule has 0 spiro atoms. The molecule has 0 fully saturated rings. The molecule has 0 aliphatic heterocycles. The third kappa shape index (κ3) is 3.35. The molecule has 0 heterocycles. The maximum Gasteiger partial charge on any atom is 0.175 e. The van der Waals surface area contributed by atoms with Gasteiger partial charge in [0, 0.05) is 11.3 Å². The summed E-state index contributed by atoms with van der Waals surface area (Å²) in [5, 5.41) is 10.8. The summed E-state index contributed by atoms with van der Waals surface area (Å²) in [4.78, 5) is 0.236. The zero-order valence-corrected chi connectivity index (χ0v) is 11.8. The first kappa shape index (κ1) is 14.1. The Morgan fingerprint density at radius 1 is 0.947 bits per heavy atom. The number of rotatable bonds is 3. The van der Waals surface area contributed by atoms with Crippen LogP contribution in [0.2, 0.25) is 5.02 Å². The largest absolute Gasteiger partial charge is 0.384 e. The first-order valence-corrected chi connectivity index (χ1v) is 7.88. The van der Waals surface area contributed by atoms with E-state index in [1.165, 1.54) is 12.1 Å². The van der Waals surface area contributed by atoms with Gasteiger partial charge in [0.05, 0.1) is 4.90 Å². The van der Waals surface area contributed by atoms with Crippen LogP contribution in [0, 0.1) is 0 Å². The molecular formula is C14H13ClO3S. The van der Waals surface area contributed by atoms with Gasteiger partial charge in [-0.15, -0.1) is 0 Å². The molecule has 0 saturated heterocycles. The molecule has 0 aromatic heterocycles. The highest BCUT2D eigenvalue weighted by Crippen LogP contribution is 2.24. The van der Waals surface area contributed by atoms with Crippen LogP contribution < -0.4 is 0 Å². The van der Waals surface area contributed by atoms with Gasteiger partial charge in [0.25, 0.3) is 0 Å². The first-order chi connectivity index (χ1) is 8.88. The van der Waals surface area contributed by atoms with Crippen molar-refractivity contribution < 1.29 is 13.5 Å². The van der Waals surface area contributed by atoms with Gasteiger partial charge in [-0.3, -0.25) is 0 Å². The Morgan fingerprint density at radius 3 is 1.79 bits per heavy atom. The van der Waals surface area contributed by atoms with Crippen molar-refractivity contribution in [3.05, 3.63) is 64.7 Å². The van der Waals surface area contributed by atoms with E-state index in [1.54, 1.807) is 36.4 Å². The molecule has 0 amide bonds. The Labute approximate surface area is 117 Å². The van der Waals surface area contributed by atoms with E-state index in [-0.39, 0.29) is 4.90 Å². The van der Waals surface area contributed by atoms with E-state index in [0.717, 1.165) is 6.26 Å². The molecule has 0 aliphatic rings. The lowest BCUT2D eigenvalue weighted by Gasteiger charge is -2.12. The maximum absolute atomic E-state index is 11.3. The molecule has 2 aromatic carbocycles. The van der Waals surface area contributed by atoms with E-state index >= 15 is 0 Å². The van der Waals surface area contributed by atoms with Crippen LogP contribution in [-0.4, -0.2) is 19.8 Å². The Hall–Kier alpha value is -1.36. The quantitative estimate of drug-likeness (QED) is 0.947. The van der Waals surface area contributed by atoms with Crippen molar-refractivity contribution in [2.24, 2.45) is 0 Å². The average molecular weight is 297 g/mol. The highest BCUT2D eigenvalue weighted by atomic mass is 35.5. The minimum Gasteiger partial charge on any atom is -0.384 e. The Kier molecular flexibility index (Phi) is 3.94. The molecule has 0 aliphatic carbocycles. The van der Waals surface area contributed by atoms with E-state index in [2.05, 4.69) is 0 Å². The summed E-state index contributed by atoms with van der Waals surface area (Å²) in [6.07, 6.45) is 0.350. The molecule has 0 bridgehead atoms. The molecule has 100 valence electrons. The van der Waals surface area contributed by atoms with Gasteiger partial charge < -0.3 is 5.11 Å². The predicted molar refractivity (Wildman–Crippen MR) is 75.1 cm³/mol. The SMILES string of the molecule is CS(=O)(=O)c1ccc(C(O)c2ccc(Cl)cc2)cc1. The van der Waals surface area contributed by atoms with E-state index in [0.29, 0.717) is 16.1 Å². The molecule has 0 saturated carbocycles. The third-order valence-electron chi connectivity index (χ3n) is 2.81. The average Bonchev–Trinajstić information content (AvgIpc) is 2.38. The van der Waals surface area contributed by atoms with Crippen LogP contribution >= 0.6 is 11.6 Å². The molecular weight excluding hydrogens is 284 g/mol. The van der Waals surface area contributed by atoms with Crippen LogP contribution in [-0.2, 0) is 9.84 Å². The lowest BCUT2D eigenvalue weighted by molar-refractivity contribution is 0.220. The molecule has 1 unspecified atom stereocenters. The monoisotopic (exact) mass is 296 g/mol. The molecule has 5 heteroatoms. The van der Waals surface area contributed by atoms with E-state index in [4.69, 9.17) is 11.6 Å². The van der Waals surface area contributed by atoms with Gasteiger partial charge in [-0.05, 0) is 35.4 Å². The fourth-order valence-electron chi connectivity index (χ4n) is 1.73. The lowest BCUT2D eigenvalue weighted by atomic mass is 10.0. The zero-order valence-electron chi connectivity index (χ0n) is 10.2. The number of aliphatic hydroxyl groups is 1. The summed E-state index contributed by atoms with van der Waals surface area (Å²) < 4.78 is 22.7. The predicted octanol–water partition coefficient (Wildman–Crippen LogP) is 2.83. The van der Waals surface area contributed by atoms with Gasteiger partial charge in [0.15, 0.2) is 9.84 Å². The molecule has 1 atom stereocenters. The van der Waals surface area contributed by atoms with Crippen molar-refractivity contribution in [2.45, 2.75) is 11.0 Å². The normalized spacial score (nSPS) is 13.2. The van der Waals surface area contributed by atoms with Gasteiger partial charge in [-0.2, -0.15) is 0 Å². The van der Waals surface area contributed by atoms with Crippen molar-refractivity contribution in [3.8, 4) is 0 Å². The number of hydrogen-bond acceptors (Lipinski definition) is 3. The summed E-state index contributed by atoms with van der Waals surface area (Å²) in [5.74, 6) is 0. The smallest absolute Gasteiger partial charge is 0.175 e. The number of halogens is 1. The fraction of sp³-hybridized carbons (Fsp3) is 0.143. The minimum atomic E-state index is -3.21. The minimum absolute atomic E-state index is 0.236. The highest BCUT2D eigenvalue weighted by Gasteiger charge is 2.12. The highest BCUT2D eigenvalue weighted by molar-refractivity contribution is 7.90. The number of sulfone groups is 1. The topological polar surface area (TPSA) is 54.4 Å². The Balaban J connectivity index is 2.30. The van der Waals surface area contributed by atoms with Gasteiger partial charge in [-0.1, -0.05) is 35.9 Å². The summed E-state index contributed by atoms with van der Waals surface area (Å²) in [6, 6.07) is 13.1. The van der Waals surface area contributed by atoms with Crippen LogP contribution in [0.15, 0.2) is 53.4 Å². The molecule has 0 radical (unpaired) electrons. The van der Waals surface area contributed by atoms with Gasteiger partial charge in [-0.25, -0.2) is 8.42 Å². The van der Waals surface area contributed by atoms with E-state index < -0.39 is 15.9 Å². The maximum atomic E-state index is 11.3. The summed E-state index contributed by atoms with van der Waals surface area (Å²) in [7, 11) is -3.21. The van der Waals surface area contributed by atoms with Crippen molar-refractivity contribution in [1.82, 2.24) is 0 Å². The fourth-order valence-corrected chi connectivity index (χ4v) is 2.49. The second kappa shape index (κ2) is 5.33. The number of hydrogen-bond donors (Lipinski definition) is 1. The second-order valence-corrected chi connectivity index (χ2v) is 6.75. The van der Waals surface area contributed by atoms with Gasteiger partial charge in [0.1, 0.15) is 6.10 Å². The molecule has 1 N–H and O–H groups in total. The molecule has 2 aromatic rings. The Morgan fingerprint density at radius 2 is 1.37 bits per heavy atom. The summed E-state index contributed by atoms with van der Waals surface area (Å²) in [5.41, 5.74) is 1.34. The van der Waals surface area contributed by atoms with Crippen molar-refractivity contribution in [2.75, 3.05) is 6.26 Å². The van der Waals surface area contributed by atoms with Gasteiger partial charge in [0.2, 0.25) is 0 Å². The van der Waals surface area contributed by atoms with Crippen molar-refractivity contribution in [3.63, 3.8) is 0 Å². The first-order valence-electron chi connectivity index (χ1n) is 5.61. The standard InChI is InChI=1S/C14H13ClO3S/c1-19(17,18)13-8-4-11(5-9-13)14(16)10-2-6-12(15)7-3-10/h2-9,14,16H,1H3. The van der Waals surface area contributed by atoms with Gasteiger partial charge >= 0.3 is 0 Å². The summed E-state index contributed by atoms with van der Waals surface area (Å²) >= 11 is 5.79. The molecule has 2 rings (SSSR count). The van der Waals surface area contributed by atoms with E-state index in [1.807, 2.05) is 0 Å². The van der Waals surface area contributed by atoms with Crippen LogP contribution in [0.4, 0.5) is 0 Å². The van der Waals surface area contributed by atoms with Crippen LogP contribution in [0.25, 0.3) is 0 Å². The van der Waals surface area contributed by atoms with Crippen LogP contribution in [0.3, 0.4) is 0 Å². The second-order valence-electron chi connectivity index (χ2n) is 4.30. The van der Waals surface area contributed by atoms with Crippen molar-refractivity contribution in [1.29, 1.82) is 0 Å². The molecule has 19 heavy (non-hydrogen) atoms. The number of aliphatic hydroxyl groups excluding tert-OH is 1. The van der Waals surface area contributed by atoms with Crippen LogP contribution in [0.1, 0.15) is 17.2 Å². The zero-order chi connectivity index (χ0) is 14.0. The summed E-state index contributed by atoms with van der Waals surface area (Å²) in [6.45, 7) is 0. The van der Waals surface area contributed by atoms with Crippen LogP contribution in [0.5, 0.6) is 0 Å². The lowest BCUT2D eigenvalue weighted by Crippen LogP contribution is -2.01.